The highest BCUT2D eigenvalue weighted by Crippen LogP contribution is 2.19. The fraction of sp³-hybridized carbons (Fsp3) is 0.471. The Hall–Kier alpha value is -1.68. The summed E-state index contributed by atoms with van der Waals surface area (Å²) in [4.78, 5) is 0. The summed E-state index contributed by atoms with van der Waals surface area (Å²) in [5, 5.41) is 4.72. The zero-order valence-corrected chi connectivity index (χ0v) is 13.1. The Morgan fingerprint density at radius 2 is 2.00 bits per heavy atom. The van der Waals surface area contributed by atoms with Gasteiger partial charge in [0.05, 0.1) is 12.2 Å². The van der Waals surface area contributed by atoms with Gasteiger partial charge in [-0.25, -0.2) is 4.39 Å². The Labute approximate surface area is 126 Å². The van der Waals surface area contributed by atoms with Crippen LogP contribution in [0.15, 0.2) is 18.2 Å². The molecule has 0 saturated carbocycles. The van der Waals surface area contributed by atoms with Gasteiger partial charge < -0.3 is 5.73 Å². The molecule has 2 N–H and O–H groups in total. The number of aromatic nitrogens is 2. The lowest BCUT2D eigenvalue weighted by Crippen LogP contribution is -2.09. The molecule has 4 heteroatoms. The third kappa shape index (κ3) is 3.32. The normalized spacial score (nSPS) is 11.1. The standard InChI is InChI=1S/C17H24FN3/c1-4-16-15(8-9-19)17(5-2)21(20-16)11-13-10-14(18)7-6-12(13)3/h6-7,10H,4-5,8-9,11,19H2,1-3H3. The van der Waals surface area contributed by atoms with Crippen molar-refractivity contribution in [1.82, 2.24) is 9.78 Å². The maximum atomic E-state index is 13.5. The second kappa shape index (κ2) is 6.85. The van der Waals surface area contributed by atoms with Crippen LogP contribution in [-0.2, 0) is 25.8 Å². The molecular weight excluding hydrogens is 265 g/mol. The third-order valence-electron chi connectivity index (χ3n) is 3.95. The fourth-order valence-electron chi connectivity index (χ4n) is 2.80. The van der Waals surface area contributed by atoms with Gasteiger partial charge in [0.15, 0.2) is 0 Å². The van der Waals surface area contributed by atoms with Gasteiger partial charge in [0.1, 0.15) is 5.82 Å². The second-order valence-corrected chi connectivity index (χ2v) is 5.35. The summed E-state index contributed by atoms with van der Waals surface area (Å²) in [6, 6.07) is 4.92. The monoisotopic (exact) mass is 289 g/mol. The molecule has 0 saturated heterocycles. The summed E-state index contributed by atoms with van der Waals surface area (Å²) in [5.41, 5.74) is 11.4. The average molecular weight is 289 g/mol. The molecule has 0 bridgehead atoms. The van der Waals surface area contributed by atoms with Crippen molar-refractivity contribution in [3.8, 4) is 0 Å². The van der Waals surface area contributed by atoms with Crippen molar-refractivity contribution < 1.29 is 4.39 Å². The van der Waals surface area contributed by atoms with Crippen LogP contribution in [0.1, 0.15) is 41.9 Å². The highest BCUT2D eigenvalue weighted by atomic mass is 19.1. The van der Waals surface area contributed by atoms with Gasteiger partial charge in [-0.3, -0.25) is 4.68 Å². The Bertz CT molecular complexity index is 617. The van der Waals surface area contributed by atoms with E-state index in [1.54, 1.807) is 6.07 Å². The molecule has 1 heterocycles. The van der Waals surface area contributed by atoms with E-state index in [9.17, 15) is 4.39 Å². The first kappa shape index (κ1) is 15.7. The fourth-order valence-corrected chi connectivity index (χ4v) is 2.80. The quantitative estimate of drug-likeness (QED) is 0.888. The largest absolute Gasteiger partial charge is 0.330 e. The first-order valence-electron chi connectivity index (χ1n) is 7.63. The van der Waals surface area contributed by atoms with E-state index in [2.05, 4.69) is 13.8 Å². The summed E-state index contributed by atoms with van der Waals surface area (Å²) < 4.78 is 15.5. The average Bonchev–Trinajstić information content (AvgIpc) is 2.80. The molecule has 114 valence electrons. The smallest absolute Gasteiger partial charge is 0.123 e. The molecule has 0 spiro atoms. The highest BCUT2D eigenvalue weighted by molar-refractivity contribution is 5.31. The van der Waals surface area contributed by atoms with Crippen molar-refractivity contribution in [2.75, 3.05) is 6.54 Å². The minimum Gasteiger partial charge on any atom is -0.330 e. The minimum absolute atomic E-state index is 0.196. The lowest BCUT2D eigenvalue weighted by molar-refractivity contribution is 0.609. The minimum atomic E-state index is -0.196. The Kier molecular flexibility index (Phi) is 5.12. The van der Waals surface area contributed by atoms with Crippen LogP contribution in [0.2, 0.25) is 0 Å². The summed E-state index contributed by atoms with van der Waals surface area (Å²) in [6.45, 7) is 7.49. The predicted octanol–water partition coefficient (Wildman–Crippen LogP) is 3.00. The molecule has 0 aliphatic rings. The molecule has 21 heavy (non-hydrogen) atoms. The number of hydrogen-bond acceptors (Lipinski definition) is 2. The van der Waals surface area contributed by atoms with Gasteiger partial charge >= 0.3 is 0 Å². The number of aryl methyl sites for hydroxylation is 2. The Balaban J connectivity index is 2.41. The van der Waals surface area contributed by atoms with Gasteiger partial charge in [-0.2, -0.15) is 5.10 Å². The molecule has 1 aromatic carbocycles. The number of nitrogens with zero attached hydrogens (tertiary/aromatic N) is 2. The van der Waals surface area contributed by atoms with E-state index in [-0.39, 0.29) is 5.82 Å². The molecule has 0 aliphatic heterocycles. The Morgan fingerprint density at radius 3 is 2.62 bits per heavy atom. The van der Waals surface area contributed by atoms with Crippen molar-refractivity contribution in [3.63, 3.8) is 0 Å². The predicted molar refractivity (Wildman–Crippen MR) is 84.0 cm³/mol. The van der Waals surface area contributed by atoms with Gasteiger partial charge in [0, 0.05) is 5.69 Å². The lowest BCUT2D eigenvalue weighted by atomic mass is 10.1. The van der Waals surface area contributed by atoms with E-state index < -0.39 is 0 Å². The zero-order valence-electron chi connectivity index (χ0n) is 13.1. The van der Waals surface area contributed by atoms with Crippen LogP contribution in [-0.4, -0.2) is 16.3 Å². The van der Waals surface area contributed by atoms with Crippen molar-refractivity contribution in [2.24, 2.45) is 5.73 Å². The number of nitrogens with two attached hydrogens (primary N) is 1. The number of benzene rings is 1. The van der Waals surface area contributed by atoms with Crippen LogP contribution < -0.4 is 5.73 Å². The number of rotatable bonds is 6. The molecule has 3 nitrogen and oxygen atoms in total. The van der Waals surface area contributed by atoms with Crippen LogP contribution in [0, 0.1) is 12.7 Å². The molecule has 2 rings (SSSR count). The molecule has 0 unspecified atom stereocenters. The maximum absolute atomic E-state index is 13.5. The van der Waals surface area contributed by atoms with E-state index in [4.69, 9.17) is 10.8 Å². The van der Waals surface area contributed by atoms with Gasteiger partial charge in [-0.15, -0.1) is 0 Å². The van der Waals surface area contributed by atoms with Crippen LogP contribution in [0.4, 0.5) is 4.39 Å². The maximum Gasteiger partial charge on any atom is 0.123 e. The topological polar surface area (TPSA) is 43.8 Å². The molecule has 2 aromatic rings. The van der Waals surface area contributed by atoms with Crippen molar-refractivity contribution in [1.29, 1.82) is 0 Å². The summed E-state index contributed by atoms with van der Waals surface area (Å²) in [5.74, 6) is -0.196. The van der Waals surface area contributed by atoms with Crippen LogP contribution in [0.25, 0.3) is 0 Å². The Morgan fingerprint density at radius 1 is 1.24 bits per heavy atom. The van der Waals surface area contributed by atoms with E-state index in [1.165, 1.54) is 17.3 Å². The van der Waals surface area contributed by atoms with Crippen LogP contribution in [0.3, 0.4) is 0 Å². The van der Waals surface area contributed by atoms with Crippen molar-refractivity contribution in [3.05, 3.63) is 52.1 Å². The molecule has 0 fully saturated rings. The van der Waals surface area contributed by atoms with E-state index in [1.807, 2.05) is 17.7 Å². The molecule has 0 radical (unpaired) electrons. The van der Waals surface area contributed by atoms with Gasteiger partial charge in [0.2, 0.25) is 0 Å². The van der Waals surface area contributed by atoms with Gasteiger partial charge in [-0.1, -0.05) is 19.9 Å². The van der Waals surface area contributed by atoms with E-state index >= 15 is 0 Å². The SMILES string of the molecule is CCc1nn(Cc2cc(F)ccc2C)c(CC)c1CCN. The summed E-state index contributed by atoms with van der Waals surface area (Å²) in [7, 11) is 0. The van der Waals surface area contributed by atoms with Crippen LogP contribution in [0.5, 0.6) is 0 Å². The van der Waals surface area contributed by atoms with Gasteiger partial charge in [-0.05, 0) is 61.6 Å². The molecule has 0 aliphatic carbocycles. The number of hydrogen-bond donors (Lipinski definition) is 1. The lowest BCUT2D eigenvalue weighted by Gasteiger charge is -2.10. The molecular formula is C17H24FN3. The number of halogens is 1. The highest BCUT2D eigenvalue weighted by Gasteiger charge is 2.15. The molecule has 0 atom stereocenters. The molecule has 0 amide bonds. The van der Waals surface area contributed by atoms with E-state index in [0.717, 1.165) is 36.1 Å². The van der Waals surface area contributed by atoms with Crippen molar-refractivity contribution in [2.45, 2.75) is 46.6 Å². The third-order valence-corrected chi connectivity index (χ3v) is 3.95. The molecule has 1 aromatic heterocycles. The first-order valence-corrected chi connectivity index (χ1v) is 7.63. The van der Waals surface area contributed by atoms with E-state index in [0.29, 0.717) is 13.1 Å². The second-order valence-electron chi connectivity index (χ2n) is 5.35. The summed E-state index contributed by atoms with van der Waals surface area (Å²) >= 11 is 0. The first-order chi connectivity index (χ1) is 10.1. The van der Waals surface area contributed by atoms with Crippen LogP contribution >= 0.6 is 0 Å². The van der Waals surface area contributed by atoms with Crippen molar-refractivity contribution >= 4 is 0 Å². The summed E-state index contributed by atoms with van der Waals surface area (Å²) in [6.07, 6.45) is 2.67. The van der Waals surface area contributed by atoms with Gasteiger partial charge in [0.25, 0.3) is 0 Å². The zero-order chi connectivity index (χ0) is 15.4.